The monoisotopic (exact) mass is 750 g/mol. The van der Waals surface area contributed by atoms with Crippen molar-refractivity contribution in [3.63, 3.8) is 0 Å². The quantitative estimate of drug-likeness (QED) is 0.0829. The first-order valence-electron chi connectivity index (χ1n) is 15.1. The van der Waals surface area contributed by atoms with Gasteiger partial charge in [-0.15, -0.1) is 0 Å². The molecule has 5 aromatic carbocycles. The smallest absolute Gasteiger partial charge is 0.297 e. The second-order valence-corrected chi connectivity index (χ2v) is 13.9. The fraction of sp³-hybridized carbons (Fsp3) is 0.211. The van der Waals surface area contributed by atoms with Crippen LogP contribution in [-0.4, -0.2) is 42.0 Å². The number of methoxy groups -OCH3 is 2. The summed E-state index contributed by atoms with van der Waals surface area (Å²) in [5.74, 6) is 1.74. The molecule has 0 bridgehead atoms. The summed E-state index contributed by atoms with van der Waals surface area (Å²) >= 11 is 10.2. The van der Waals surface area contributed by atoms with Crippen LogP contribution < -0.4 is 14.2 Å². The van der Waals surface area contributed by atoms with Gasteiger partial charge in [0.25, 0.3) is 10.1 Å². The molecule has 10 heteroatoms. The fourth-order valence-electron chi connectivity index (χ4n) is 5.25. The van der Waals surface area contributed by atoms with Crippen LogP contribution in [0.2, 0.25) is 5.02 Å². The molecule has 5 rings (SSSR count). The van der Waals surface area contributed by atoms with E-state index in [1.54, 1.807) is 32.4 Å². The zero-order valence-electron chi connectivity index (χ0n) is 27.0. The van der Waals surface area contributed by atoms with Gasteiger partial charge in [-0.05, 0) is 84.6 Å². The lowest BCUT2D eigenvalue weighted by Crippen LogP contribution is -2.39. The summed E-state index contributed by atoms with van der Waals surface area (Å²) in [6, 6.07) is 35.0. The Hall–Kier alpha value is -3.86. The molecule has 0 saturated heterocycles. The number of benzene rings is 5. The van der Waals surface area contributed by atoms with E-state index in [1.807, 2.05) is 98.8 Å². The van der Waals surface area contributed by atoms with Crippen LogP contribution in [0.4, 0.5) is 0 Å². The zero-order chi connectivity index (χ0) is 34.3. The lowest BCUT2D eigenvalue weighted by atomic mass is 9.80. The maximum Gasteiger partial charge on any atom is 0.297 e. The minimum Gasteiger partial charge on any atom is -0.497 e. The maximum absolute atomic E-state index is 13.3. The summed E-state index contributed by atoms with van der Waals surface area (Å²) < 4.78 is 57.3. The Labute approximate surface area is 295 Å². The largest absolute Gasteiger partial charge is 0.497 e. The number of aryl methyl sites for hydroxylation is 1. The van der Waals surface area contributed by atoms with Gasteiger partial charge in [-0.1, -0.05) is 99.8 Å². The van der Waals surface area contributed by atoms with Gasteiger partial charge in [0.1, 0.15) is 35.6 Å². The predicted octanol–water partition coefficient (Wildman–Crippen LogP) is 8.90. The van der Waals surface area contributed by atoms with E-state index < -0.39 is 21.8 Å². The molecule has 0 spiro atoms. The molecule has 0 aliphatic carbocycles. The van der Waals surface area contributed by atoms with Crippen molar-refractivity contribution in [2.24, 2.45) is 0 Å². The SMILES string of the molecule is COc1ccc(C(OCC(COS(=O)(=O)c2ccc(C)cc2)Oc2ccc(Br)c(C)c2Cl)(c2ccccc2)c2ccc(OC)cc2)cc1. The Morgan fingerprint density at radius 1 is 0.708 bits per heavy atom. The Morgan fingerprint density at radius 3 is 1.79 bits per heavy atom. The van der Waals surface area contributed by atoms with Crippen LogP contribution in [-0.2, 0) is 24.6 Å². The van der Waals surface area contributed by atoms with Gasteiger partial charge in [0.15, 0.2) is 0 Å². The van der Waals surface area contributed by atoms with E-state index in [1.165, 1.54) is 12.1 Å². The normalized spacial score (nSPS) is 12.4. The summed E-state index contributed by atoms with van der Waals surface area (Å²) in [4.78, 5) is 0.0420. The van der Waals surface area contributed by atoms with E-state index in [-0.39, 0.29) is 18.1 Å². The standard InChI is InChI=1S/C38H36BrClO7S/c1-26-10-20-34(21-11-26)48(41,42)46-25-33(47-36-23-22-35(39)27(2)37(36)40)24-45-38(28-8-6-5-7-9-28,29-12-16-31(43-3)17-13-29)30-14-18-32(44-4)19-15-30/h5-23,33H,24-25H2,1-4H3. The van der Waals surface area contributed by atoms with Gasteiger partial charge < -0.3 is 18.9 Å². The third-order valence-corrected chi connectivity index (χ3v) is 10.6. The van der Waals surface area contributed by atoms with Gasteiger partial charge in [-0.2, -0.15) is 8.42 Å². The second kappa shape index (κ2) is 15.6. The topological polar surface area (TPSA) is 80.3 Å². The van der Waals surface area contributed by atoms with Crippen molar-refractivity contribution in [3.8, 4) is 17.2 Å². The molecule has 7 nitrogen and oxygen atoms in total. The van der Waals surface area contributed by atoms with Crippen molar-refractivity contribution in [2.45, 2.75) is 30.4 Å². The van der Waals surface area contributed by atoms with Crippen LogP contribution >= 0.6 is 27.5 Å². The van der Waals surface area contributed by atoms with Crippen LogP contribution in [0.25, 0.3) is 0 Å². The van der Waals surface area contributed by atoms with Gasteiger partial charge in [0, 0.05) is 4.47 Å². The average molecular weight is 752 g/mol. The number of hydrogen-bond donors (Lipinski definition) is 0. The van der Waals surface area contributed by atoms with Gasteiger partial charge in [-0.25, -0.2) is 0 Å². The first-order valence-corrected chi connectivity index (χ1v) is 17.7. The first-order chi connectivity index (χ1) is 23.1. The van der Waals surface area contributed by atoms with E-state index in [9.17, 15) is 8.42 Å². The van der Waals surface area contributed by atoms with E-state index in [0.29, 0.717) is 22.3 Å². The number of rotatable bonds is 14. The first kappa shape index (κ1) is 35.4. The molecule has 0 aliphatic heterocycles. The molecule has 0 radical (unpaired) electrons. The number of hydrogen-bond acceptors (Lipinski definition) is 7. The third kappa shape index (κ3) is 7.88. The van der Waals surface area contributed by atoms with E-state index >= 15 is 0 Å². The summed E-state index contributed by atoms with van der Waals surface area (Å²) in [7, 11) is -0.895. The van der Waals surface area contributed by atoms with Crippen molar-refractivity contribution in [1.82, 2.24) is 0 Å². The van der Waals surface area contributed by atoms with Crippen LogP contribution in [0.15, 0.2) is 125 Å². The van der Waals surface area contributed by atoms with Crippen molar-refractivity contribution in [3.05, 3.63) is 153 Å². The summed E-state index contributed by atoms with van der Waals surface area (Å²) in [6.07, 6.45) is -0.914. The Balaban J connectivity index is 1.58. The highest BCUT2D eigenvalue weighted by Crippen LogP contribution is 2.42. The third-order valence-electron chi connectivity index (χ3n) is 7.96. The van der Waals surface area contributed by atoms with Crippen molar-refractivity contribution >= 4 is 37.6 Å². The van der Waals surface area contributed by atoms with Gasteiger partial charge in [-0.3, -0.25) is 4.18 Å². The van der Waals surface area contributed by atoms with Crippen LogP contribution in [0.5, 0.6) is 17.2 Å². The lowest BCUT2D eigenvalue weighted by Gasteiger charge is -2.37. The Bertz CT molecular complexity index is 1870. The Kier molecular flexibility index (Phi) is 11.5. The molecule has 0 fully saturated rings. The molecule has 1 atom stereocenters. The molecule has 0 aromatic heterocycles. The molecule has 0 amide bonds. The molecule has 5 aromatic rings. The summed E-state index contributed by atoms with van der Waals surface area (Å²) in [5.41, 5.74) is 2.99. The second-order valence-electron chi connectivity index (χ2n) is 11.1. The van der Waals surface area contributed by atoms with Crippen LogP contribution in [0.3, 0.4) is 0 Å². The average Bonchev–Trinajstić information content (AvgIpc) is 3.12. The molecule has 0 saturated carbocycles. The zero-order valence-corrected chi connectivity index (χ0v) is 30.1. The molecule has 0 heterocycles. The van der Waals surface area contributed by atoms with Crippen molar-refractivity contribution in [1.29, 1.82) is 0 Å². The molecule has 0 aliphatic rings. The van der Waals surface area contributed by atoms with Crippen LogP contribution in [0.1, 0.15) is 27.8 Å². The highest BCUT2D eigenvalue weighted by atomic mass is 79.9. The molecule has 48 heavy (non-hydrogen) atoms. The van der Waals surface area contributed by atoms with Gasteiger partial charge >= 0.3 is 0 Å². The highest BCUT2D eigenvalue weighted by Gasteiger charge is 2.39. The minimum atomic E-state index is -4.12. The molecular formula is C38H36BrClO7S. The van der Waals surface area contributed by atoms with E-state index in [2.05, 4.69) is 15.9 Å². The fourth-order valence-corrected chi connectivity index (χ4v) is 6.84. The van der Waals surface area contributed by atoms with Gasteiger partial charge in [0.05, 0.1) is 30.7 Å². The van der Waals surface area contributed by atoms with E-state index in [0.717, 1.165) is 32.3 Å². The van der Waals surface area contributed by atoms with Crippen molar-refractivity contribution in [2.75, 3.05) is 27.4 Å². The predicted molar refractivity (Wildman–Crippen MR) is 191 cm³/mol. The van der Waals surface area contributed by atoms with Gasteiger partial charge in [0.2, 0.25) is 0 Å². The molecule has 1 unspecified atom stereocenters. The molecule has 250 valence electrons. The number of ether oxygens (including phenoxy) is 4. The van der Waals surface area contributed by atoms with E-state index in [4.69, 9.17) is 34.7 Å². The van der Waals surface area contributed by atoms with Crippen molar-refractivity contribution < 1.29 is 31.5 Å². The Morgan fingerprint density at radius 2 is 1.25 bits per heavy atom. The van der Waals surface area contributed by atoms with Crippen LogP contribution in [0, 0.1) is 13.8 Å². The molecule has 0 N–H and O–H groups in total. The number of halogens is 2. The summed E-state index contributed by atoms with van der Waals surface area (Å²) in [6.45, 7) is 3.30. The summed E-state index contributed by atoms with van der Waals surface area (Å²) in [5, 5.41) is 0.385. The molecular weight excluding hydrogens is 716 g/mol. The lowest BCUT2D eigenvalue weighted by molar-refractivity contribution is -0.0405. The minimum absolute atomic E-state index is 0.0420. The highest BCUT2D eigenvalue weighted by molar-refractivity contribution is 9.10. The maximum atomic E-state index is 13.3.